The molecule has 9 heteroatoms. The van der Waals surface area contributed by atoms with Gasteiger partial charge >= 0.3 is 0 Å². The van der Waals surface area contributed by atoms with Crippen molar-refractivity contribution in [1.29, 1.82) is 0 Å². The fraction of sp³-hybridized carbons (Fsp3) is 0.261. The molecule has 0 amide bonds. The zero-order valence-electron chi connectivity index (χ0n) is 17.7. The summed E-state index contributed by atoms with van der Waals surface area (Å²) in [6, 6.07) is 14.8. The predicted molar refractivity (Wildman–Crippen MR) is 126 cm³/mol. The summed E-state index contributed by atoms with van der Waals surface area (Å²) in [6.45, 7) is 4.03. The molecule has 1 saturated heterocycles. The molecule has 32 heavy (non-hydrogen) atoms. The second-order valence-corrected chi connectivity index (χ2v) is 10.0. The van der Waals surface area contributed by atoms with Crippen LogP contribution in [0.25, 0.3) is 22.4 Å². The SMILES string of the molecule is C[C@H]1COCCN1c1cc(CS(O)(O)c2ccccc2)nc(-c2cnc3[nH]ccc3c2)n1. The Kier molecular flexibility index (Phi) is 5.56. The molecule has 0 spiro atoms. The van der Waals surface area contributed by atoms with Crippen LogP contribution in [0.1, 0.15) is 12.6 Å². The maximum absolute atomic E-state index is 10.9. The van der Waals surface area contributed by atoms with Crippen LogP contribution in [0.5, 0.6) is 0 Å². The van der Waals surface area contributed by atoms with Crippen molar-refractivity contribution in [3.05, 3.63) is 66.6 Å². The average Bonchev–Trinajstić information content (AvgIpc) is 3.27. The van der Waals surface area contributed by atoms with E-state index in [4.69, 9.17) is 14.7 Å². The lowest BCUT2D eigenvalue weighted by atomic mass is 10.2. The lowest BCUT2D eigenvalue weighted by Gasteiger charge is -2.35. The molecule has 1 fully saturated rings. The number of morpholine rings is 1. The summed E-state index contributed by atoms with van der Waals surface area (Å²) >= 11 is 0. The molecule has 1 aliphatic heterocycles. The number of hydrogen-bond acceptors (Lipinski definition) is 7. The molecular formula is C23H25N5O3S. The normalized spacial score (nSPS) is 17.6. The first-order valence-electron chi connectivity index (χ1n) is 10.5. The monoisotopic (exact) mass is 451 g/mol. The summed E-state index contributed by atoms with van der Waals surface area (Å²) in [4.78, 5) is 19.8. The third-order valence-electron chi connectivity index (χ3n) is 5.56. The molecule has 1 aromatic carbocycles. The Morgan fingerprint density at radius 3 is 2.81 bits per heavy atom. The van der Waals surface area contributed by atoms with E-state index in [1.54, 1.807) is 30.5 Å². The fourth-order valence-corrected chi connectivity index (χ4v) is 5.21. The van der Waals surface area contributed by atoms with Crippen LogP contribution in [0.2, 0.25) is 0 Å². The van der Waals surface area contributed by atoms with Crippen LogP contribution in [-0.2, 0) is 10.5 Å². The van der Waals surface area contributed by atoms with E-state index >= 15 is 0 Å². The summed E-state index contributed by atoms with van der Waals surface area (Å²) in [6.07, 6.45) is 3.58. The summed E-state index contributed by atoms with van der Waals surface area (Å²) in [7, 11) is -3.05. The van der Waals surface area contributed by atoms with E-state index in [2.05, 4.69) is 21.8 Å². The third kappa shape index (κ3) is 4.20. The summed E-state index contributed by atoms with van der Waals surface area (Å²) in [5, 5.41) is 0.964. The predicted octanol–water partition coefficient (Wildman–Crippen LogP) is 4.55. The highest BCUT2D eigenvalue weighted by Gasteiger charge is 2.24. The van der Waals surface area contributed by atoms with Crippen molar-refractivity contribution in [1.82, 2.24) is 19.9 Å². The van der Waals surface area contributed by atoms with Gasteiger partial charge in [-0.25, -0.2) is 15.0 Å². The highest BCUT2D eigenvalue weighted by molar-refractivity contribution is 8.23. The van der Waals surface area contributed by atoms with Crippen molar-refractivity contribution in [2.75, 3.05) is 24.7 Å². The second-order valence-electron chi connectivity index (χ2n) is 7.92. The first-order chi connectivity index (χ1) is 15.5. The molecule has 4 heterocycles. The van der Waals surface area contributed by atoms with Crippen LogP contribution in [0, 0.1) is 0 Å². The molecule has 0 bridgehead atoms. The molecule has 1 aliphatic rings. The average molecular weight is 452 g/mol. The number of benzene rings is 1. The molecule has 3 N–H and O–H groups in total. The van der Waals surface area contributed by atoms with Gasteiger partial charge in [0.15, 0.2) is 5.82 Å². The molecule has 166 valence electrons. The Bertz CT molecular complexity index is 1230. The lowest BCUT2D eigenvalue weighted by molar-refractivity contribution is 0.0985. The number of aromatic nitrogens is 4. The molecule has 0 radical (unpaired) electrons. The molecule has 0 aliphatic carbocycles. The van der Waals surface area contributed by atoms with Crippen LogP contribution in [0.3, 0.4) is 0 Å². The van der Waals surface area contributed by atoms with E-state index < -0.39 is 10.6 Å². The summed E-state index contributed by atoms with van der Waals surface area (Å²) in [5.74, 6) is 1.27. The van der Waals surface area contributed by atoms with Crippen LogP contribution in [0.15, 0.2) is 65.8 Å². The van der Waals surface area contributed by atoms with Crippen LogP contribution >= 0.6 is 10.6 Å². The molecule has 1 atom stereocenters. The van der Waals surface area contributed by atoms with Gasteiger partial charge < -0.3 is 14.6 Å². The smallest absolute Gasteiger partial charge is 0.163 e. The number of pyridine rings is 1. The zero-order valence-corrected chi connectivity index (χ0v) is 18.5. The van der Waals surface area contributed by atoms with Crippen molar-refractivity contribution < 1.29 is 13.8 Å². The summed E-state index contributed by atoms with van der Waals surface area (Å²) < 4.78 is 27.4. The molecule has 8 nitrogen and oxygen atoms in total. The van der Waals surface area contributed by atoms with Gasteiger partial charge in [0.05, 0.1) is 35.6 Å². The van der Waals surface area contributed by atoms with Gasteiger partial charge in [-0.1, -0.05) is 18.2 Å². The molecule has 4 aromatic rings. The number of hydrogen-bond donors (Lipinski definition) is 3. The number of fused-ring (bicyclic) bond motifs is 1. The number of aromatic amines is 1. The van der Waals surface area contributed by atoms with E-state index in [9.17, 15) is 9.11 Å². The number of nitrogens with zero attached hydrogens (tertiary/aromatic N) is 4. The zero-order chi connectivity index (χ0) is 22.1. The van der Waals surface area contributed by atoms with Gasteiger partial charge in [-0.3, -0.25) is 9.11 Å². The third-order valence-corrected chi connectivity index (χ3v) is 7.28. The molecular weight excluding hydrogens is 426 g/mol. The standard InChI is InChI=1S/C23H25N5O3S/c1-16-14-31-10-9-28(16)21-12-19(15-32(29,30)20-5-3-2-4-6-20)26-23(27-21)18-11-17-7-8-24-22(17)25-13-18/h2-8,11-13,16,29-30H,9-10,14-15H2,1H3,(H,24,25)/t16-/m0/s1. The minimum absolute atomic E-state index is 0.0120. The molecule has 5 rings (SSSR count). The van der Waals surface area contributed by atoms with Crippen LogP contribution in [0.4, 0.5) is 5.82 Å². The first-order valence-corrected chi connectivity index (χ1v) is 12.2. The second kappa shape index (κ2) is 8.51. The van der Waals surface area contributed by atoms with E-state index in [0.717, 1.165) is 22.4 Å². The minimum atomic E-state index is -3.05. The minimum Gasteiger partial charge on any atom is -0.377 e. The Morgan fingerprint density at radius 1 is 1.16 bits per heavy atom. The summed E-state index contributed by atoms with van der Waals surface area (Å²) in [5.41, 5.74) is 2.14. The molecule has 0 unspecified atom stereocenters. The topological polar surface area (TPSA) is 107 Å². The Labute approximate surface area is 187 Å². The number of H-pyrrole nitrogens is 1. The van der Waals surface area contributed by atoms with E-state index in [1.165, 1.54) is 0 Å². The van der Waals surface area contributed by atoms with Crippen molar-refractivity contribution >= 4 is 27.4 Å². The number of rotatable bonds is 5. The van der Waals surface area contributed by atoms with Gasteiger partial charge in [0.1, 0.15) is 11.5 Å². The van der Waals surface area contributed by atoms with E-state index in [1.807, 2.05) is 30.5 Å². The number of ether oxygens (including phenoxy) is 1. The van der Waals surface area contributed by atoms with Crippen molar-refractivity contribution in [3.8, 4) is 11.4 Å². The lowest BCUT2D eigenvalue weighted by Crippen LogP contribution is -2.44. The van der Waals surface area contributed by atoms with Crippen molar-refractivity contribution in [2.45, 2.75) is 23.6 Å². The Hall–Kier alpha value is -2.98. The molecule has 3 aromatic heterocycles. The Balaban J connectivity index is 1.57. The van der Waals surface area contributed by atoms with E-state index in [-0.39, 0.29) is 11.8 Å². The van der Waals surface area contributed by atoms with Gasteiger partial charge in [0, 0.05) is 36.0 Å². The van der Waals surface area contributed by atoms with Gasteiger partial charge in [0.2, 0.25) is 0 Å². The van der Waals surface area contributed by atoms with Crippen molar-refractivity contribution in [3.63, 3.8) is 0 Å². The maximum Gasteiger partial charge on any atom is 0.163 e. The highest BCUT2D eigenvalue weighted by Crippen LogP contribution is 2.50. The number of nitrogens with one attached hydrogen (secondary N) is 1. The molecule has 0 saturated carbocycles. The fourth-order valence-electron chi connectivity index (χ4n) is 3.89. The van der Waals surface area contributed by atoms with Crippen molar-refractivity contribution in [2.24, 2.45) is 0 Å². The van der Waals surface area contributed by atoms with Gasteiger partial charge in [-0.15, -0.1) is 0 Å². The quantitative estimate of drug-likeness (QED) is 0.408. The van der Waals surface area contributed by atoms with Gasteiger partial charge in [-0.2, -0.15) is 10.6 Å². The Morgan fingerprint density at radius 2 is 2.00 bits per heavy atom. The van der Waals surface area contributed by atoms with Crippen LogP contribution in [-0.4, -0.2) is 54.8 Å². The van der Waals surface area contributed by atoms with E-state index in [0.29, 0.717) is 36.2 Å². The maximum atomic E-state index is 10.9. The highest BCUT2D eigenvalue weighted by atomic mass is 32.3. The van der Waals surface area contributed by atoms with Crippen LogP contribution < -0.4 is 4.90 Å². The van der Waals surface area contributed by atoms with Gasteiger partial charge in [0.25, 0.3) is 0 Å². The number of anilines is 1. The largest absolute Gasteiger partial charge is 0.377 e. The van der Waals surface area contributed by atoms with Gasteiger partial charge in [-0.05, 0) is 31.2 Å². The first kappa shape index (κ1) is 20.9.